The van der Waals surface area contributed by atoms with Crippen LogP contribution < -0.4 is 5.32 Å². The first kappa shape index (κ1) is 20.3. The number of imidazole rings is 1. The fourth-order valence-electron chi connectivity index (χ4n) is 4.37. The number of amides is 1. The van der Waals surface area contributed by atoms with Crippen molar-refractivity contribution in [2.24, 2.45) is 0 Å². The van der Waals surface area contributed by atoms with Gasteiger partial charge in [-0.1, -0.05) is 0 Å². The van der Waals surface area contributed by atoms with Gasteiger partial charge >= 0.3 is 0 Å². The summed E-state index contributed by atoms with van der Waals surface area (Å²) < 4.78 is 16.8. The van der Waals surface area contributed by atoms with Crippen LogP contribution in [0.2, 0.25) is 0 Å². The SMILES string of the molecule is Cc1c(-c2cc3cc(Nc4cc5n(n4)CC(=O)N(C)CC5)ncc3cc2F)cnc2nc[nH]c12. The van der Waals surface area contributed by atoms with Crippen molar-refractivity contribution in [3.8, 4) is 11.1 Å². The number of H-pyrrole nitrogens is 1. The lowest BCUT2D eigenvalue weighted by Gasteiger charge is -2.12. The van der Waals surface area contributed by atoms with E-state index in [1.54, 1.807) is 41.4 Å². The van der Waals surface area contributed by atoms with Crippen molar-refractivity contribution in [2.45, 2.75) is 19.9 Å². The van der Waals surface area contributed by atoms with Crippen LogP contribution in [0.5, 0.6) is 0 Å². The van der Waals surface area contributed by atoms with Gasteiger partial charge in [-0.05, 0) is 36.1 Å². The molecule has 0 radical (unpaired) electrons. The summed E-state index contributed by atoms with van der Waals surface area (Å²) in [6.07, 6.45) is 5.60. The number of likely N-dealkylation sites (N-methyl/N-ethyl adjacent to an activating group) is 1. The number of nitrogens with zero attached hydrogens (tertiary/aromatic N) is 6. The molecule has 34 heavy (non-hydrogen) atoms. The second-order valence-corrected chi connectivity index (χ2v) is 8.52. The molecule has 1 aromatic carbocycles. The van der Waals surface area contributed by atoms with Crippen LogP contribution in [0.15, 0.2) is 43.0 Å². The average molecular weight is 456 g/mol. The number of aromatic nitrogens is 6. The van der Waals surface area contributed by atoms with E-state index in [2.05, 4.69) is 30.4 Å². The van der Waals surface area contributed by atoms with Crippen molar-refractivity contribution in [2.75, 3.05) is 18.9 Å². The summed E-state index contributed by atoms with van der Waals surface area (Å²) >= 11 is 0. The summed E-state index contributed by atoms with van der Waals surface area (Å²) in [6.45, 7) is 2.80. The van der Waals surface area contributed by atoms with Crippen molar-refractivity contribution in [3.63, 3.8) is 0 Å². The number of nitrogens with one attached hydrogen (secondary N) is 2. The number of halogens is 1. The quantitative estimate of drug-likeness (QED) is 0.430. The minimum absolute atomic E-state index is 0.0323. The molecule has 0 saturated heterocycles. The Balaban J connectivity index is 1.35. The van der Waals surface area contributed by atoms with E-state index < -0.39 is 0 Å². The van der Waals surface area contributed by atoms with E-state index in [1.165, 1.54) is 6.07 Å². The first-order valence-corrected chi connectivity index (χ1v) is 10.9. The third-order valence-corrected chi connectivity index (χ3v) is 6.35. The van der Waals surface area contributed by atoms with Gasteiger partial charge in [-0.15, -0.1) is 0 Å². The van der Waals surface area contributed by atoms with Gasteiger partial charge < -0.3 is 15.2 Å². The highest BCUT2D eigenvalue weighted by Crippen LogP contribution is 2.32. The fourth-order valence-corrected chi connectivity index (χ4v) is 4.37. The van der Waals surface area contributed by atoms with Gasteiger partial charge in [-0.3, -0.25) is 9.48 Å². The second-order valence-electron chi connectivity index (χ2n) is 8.52. The third kappa shape index (κ3) is 3.35. The van der Waals surface area contributed by atoms with Crippen LogP contribution >= 0.6 is 0 Å². The summed E-state index contributed by atoms with van der Waals surface area (Å²) in [5.41, 5.74) is 4.43. The minimum Gasteiger partial charge on any atom is -0.344 e. The van der Waals surface area contributed by atoms with Gasteiger partial charge in [0.15, 0.2) is 11.5 Å². The van der Waals surface area contributed by atoms with Gasteiger partial charge in [-0.2, -0.15) is 5.10 Å². The van der Waals surface area contributed by atoms with Crippen LogP contribution in [0.4, 0.5) is 16.0 Å². The predicted molar refractivity (Wildman–Crippen MR) is 126 cm³/mol. The van der Waals surface area contributed by atoms with Gasteiger partial charge in [0.25, 0.3) is 0 Å². The molecule has 0 atom stereocenters. The summed E-state index contributed by atoms with van der Waals surface area (Å²) in [7, 11) is 1.80. The number of hydrogen-bond acceptors (Lipinski definition) is 6. The Morgan fingerprint density at radius 3 is 2.79 bits per heavy atom. The molecule has 0 fully saturated rings. The number of carbonyl (C=O) groups is 1. The number of fused-ring (bicyclic) bond motifs is 3. The molecule has 2 N–H and O–H groups in total. The van der Waals surface area contributed by atoms with Gasteiger partial charge in [0.2, 0.25) is 5.91 Å². The van der Waals surface area contributed by atoms with Crippen molar-refractivity contribution >= 4 is 39.5 Å². The zero-order chi connectivity index (χ0) is 23.4. The summed E-state index contributed by atoms with van der Waals surface area (Å²) in [5, 5.41) is 9.26. The molecular formula is C24H21FN8O. The molecule has 5 heterocycles. The van der Waals surface area contributed by atoms with Gasteiger partial charge in [0.1, 0.15) is 18.2 Å². The Kier molecular flexibility index (Phi) is 4.54. The Morgan fingerprint density at radius 1 is 1.03 bits per heavy atom. The van der Waals surface area contributed by atoms with E-state index in [1.807, 2.05) is 19.1 Å². The van der Waals surface area contributed by atoms with E-state index in [4.69, 9.17) is 0 Å². The normalized spacial score (nSPS) is 14.0. The van der Waals surface area contributed by atoms with E-state index in [0.717, 1.165) is 28.6 Å². The molecule has 1 aliphatic rings. The number of carbonyl (C=O) groups excluding carboxylic acids is 1. The summed E-state index contributed by atoms with van der Waals surface area (Å²) in [6, 6.07) is 7.09. The van der Waals surface area contributed by atoms with Crippen molar-refractivity contribution in [1.82, 2.24) is 34.6 Å². The summed E-state index contributed by atoms with van der Waals surface area (Å²) in [5.74, 6) is 0.892. The first-order valence-electron chi connectivity index (χ1n) is 10.9. The summed E-state index contributed by atoms with van der Waals surface area (Å²) in [4.78, 5) is 29.9. The molecule has 5 aromatic rings. The lowest BCUT2D eigenvalue weighted by Crippen LogP contribution is -2.29. The van der Waals surface area contributed by atoms with Crippen LogP contribution in [0.3, 0.4) is 0 Å². The zero-order valence-electron chi connectivity index (χ0n) is 18.6. The maximum Gasteiger partial charge on any atom is 0.244 e. The number of aryl methyl sites for hydroxylation is 1. The molecule has 0 saturated carbocycles. The standard InChI is InChI=1S/C24H21FN8O/c1-13-18(10-27-24-23(13)28-12-29-24)17-5-14-7-20(26-9-15(14)6-19(17)25)30-21-8-16-3-4-32(2)22(34)11-33(16)31-21/h5-10,12H,3-4,11H2,1-2H3,(H,26,30,31)(H,27,28,29). The molecule has 1 aliphatic heterocycles. The maximum atomic E-state index is 15.0. The molecule has 10 heteroatoms. The highest BCUT2D eigenvalue weighted by molar-refractivity contribution is 5.91. The fraction of sp³-hybridized carbons (Fsp3) is 0.208. The van der Waals surface area contributed by atoms with E-state index >= 15 is 4.39 Å². The van der Waals surface area contributed by atoms with Gasteiger partial charge in [0.05, 0.1) is 11.8 Å². The maximum absolute atomic E-state index is 15.0. The predicted octanol–water partition coefficient (Wildman–Crippen LogP) is 3.58. The van der Waals surface area contributed by atoms with E-state index in [9.17, 15) is 4.79 Å². The molecule has 1 amide bonds. The number of hydrogen-bond donors (Lipinski definition) is 2. The third-order valence-electron chi connectivity index (χ3n) is 6.35. The molecule has 0 unspecified atom stereocenters. The van der Waals surface area contributed by atoms with Crippen LogP contribution in [-0.2, 0) is 17.8 Å². The Bertz CT molecular complexity index is 1590. The van der Waals surface area contributed by atoms with Crippen LogP contribution in [0.1, 0.15) is 11.3 Å². The van der Waals surface area contributed by atoms with E-state index in [-0.39, 0.29) is 18.3 Å². The Labute approximate surface area is 193 Å². The second kappa shape index (κ2) is 7.62. The molecule has 0 spiro atoms. The monoisotopic (exact) mass is 456 g/mol. The molecule has 0 aliphatic carbocycles. The van der Waals surface area contributed by atoms with Crippen molar-refractivity contribution in [1.29, 1.82) is 0 Å². The van der Waals surface area contributed by atoms with Crippen molar-refractivity contribution < 1.29 is 9.18 Å². The first-order chi connectivity index (χ1) is 16.5. The van der Waals surface area contributed by atoms with Gasteiger partial charge in [-0.25, -0.2) is 19.3 Å². The van der Waals surface area contributed by atoms with Gasteiger partial charge in [0, 0.05) is 60.7 Å². The molecule has 0 bridgehead atoms. The highest BCUT2D eigenvalue weighted by Gasteiger charge is 2.19. The van der Waals surface area contributed by atoms with Crippen LogP contribution in [0.25, 0.3) is 33.1 Å². The smallest absolute Gasteiger partial charge is 0.244 e. The van der Waals surface area contributed by atoms with Crippen molar-refractivity contribution in [3.05, 3.63) is 60.1 Å². The molecule has 4 aromatic heterocycles. The van der Waals surface area contributed by atoms with E-state index in [0.29, 0.717) is 40.3 Å². The van der Waals surface area contributed by atoms with Crippen LogP contribution in [-0.4, -0.2) is 54.1 Å². The number of rotatable bonds is 3. The lowest BCUT2D eigenvalue weighted by molar-refractivity contribution is -0.130. The number of anilines is 2. The largest absolute Gasteiger partial charge is 0.344 e. The molecule has 9 nitrogen and oxygen atoms in total. The topological polar surface area (TPSA) is 105 Å². The number of pyridine rings is 2. The number of aromatic amines is 1. The Morgan fingerprint density at radius 2 is 1.91 bits per heavy atom. The molecule has 6 rings (SSSR count). The zero-order valence-corrected chi connectivity index (χ0v) is 18.6. The Hall–Kier alpha value is -4.34. The van der Waals surface area contributed by atoms with Crippen LogP contribution in [0, 0.1) is 12.7 Å². The average Bonchev–Trinajstić information content (AvgIpc) is 3.42. The minimum atomic E-state index is -0.341. The number of benzene rings is 1. The highest BCUT2D eigenvalue weighted by atomic mass is 19.1. The molecule has 170 valence electrons. The lowest BCUT2D eigenvalue weighted by atomic mass is 9.99. The molecular weight excluding hydrogens is 435 g/mol.